The third-order valence-electron chi connectivity index (χ3n) is 5.15. The van der Waals surface area contributed by atoms with E-state index in [2.05, 4.69) is 5.32 Å². The molecule has 1 N–H and O–H groups in total. The third-order valence-corrected chi connectivity index (χ3v) is 6.66. The van der Waals surface area contributed by atoms with Gasteiger partial charge in [-0.3, -0.25) is 13.9 Å². The van der Waals surface area contributed by atoms with Gasteiger partial charge >= 0.3 is 0 Å². The standard InChI is InChI=1S/C25H26ClN3O4S/c1-28(2)25(31)20-10-8-18(9-11-20)16-27-24(30)19-12-14-22(15-13-19)29(34(3,32)33)17-21-6-4-5-7-23(21)26/h4-15H,16-17H2,1-3H3,(H,27,30). The minimum atomic E-state index is -3.58. The van der Waals surface area contributed by atoms with Gasteiger partial charge in [-0.1, -0.05) is 41.9 Å². The van der Waals surface area contributed by atoms with Crippen LogP contribution in [0, 0.1) is 0 Å². The maximum Gasteiger partial charge on any atom is 0.253 e. The van der Waals surface area contributed by atoms with E-state index >= 15 is 0 Å². The van der Waals surface area contributed by atoms with Crippen LogP contribution < -0.4 is 9.62 Å². The van der Waals surface area contributed by atoms with Crippen LogP contribution >= 0.6 is 11.6 Å². The van der Waals surface area contributed by atoms with E-state index in [1.165, 1.54) is 9.21 Å². The van der Waals surface area contributed by atoms with Crippen LogP contribution in [0.5, 0.6) is 0 Å². The number of benzene rings is 3. The molecule has 0 aliphatic carbocycles. The molecule has 9 heteroatoms. The molecule has 0 bridgehead atoms. The average molecular weight is 500 g/mol. The van der Waals surface area contributed by atoms with E-state index < -0.39 is 10.0 Å². The highest BCUT2D eigenvalue weighted by Gasteiger charge is 2.19. The lowest BCUT2D eigenvalue weighted by molar-refractivity contribution is 0.0827. The zero-order valence-corrected chi connectivity index (χ0v) is 20.7. The van der Waals surface area contributed by atoms with Crippen molar-refractivity contribution in [3.05, 3.63) is 100 Å². The molecule has 0 saturated carbocycles. The number of carbonyl (C=O) groups is 2. The number of amides is 2. The van der Waals surface area contributed by atoms with Gasteiger partial charge in [-0.2, -0.15) is 0 Å². The Hall–Kier alpha value is -3.36. The van der Waals surface area contributed by atoms with Gasteiger partial charge in [0.1, 0.15) is 0 Å². The fraction of sp³-hybridized carbons (Fsp3) is 0.200. The average Bonchev–Trinajstić information content (AvgIpc) is 2.81. The Kier molecular flexibility index (Phi) is 7.96. The summed E-state index contributed by atoms with van der Waals surface area (Å²) in [7, 11) is -0.204. The molecule has 0 spiro atoms. The summed E-state index contributed by atoms with van der Waals surface area (Å²) in [5.74, 6) is -0.384. The highest BCUT2D eigenvalue weighted by atomic mass is 35.5. The van der Waals surface area contributed by atoms with Crippen LogP contribution in [0.2, 0.25) is 5.02 Å². The Bertz CT molecular complexity index is 1270. The summed E-state index contributed by atoms with van der Waals surface area (Å²) in [5.41, 5.74) is 2.93. The van der Waals surface area contributed by atoms with Crippen molar-refractivity contribution in [3.63, 3.8) is 0 Å². The van der Waals surface area contributed by atoms with Gasteiger partial charge in [-0.05, 0) is 53.6 Å². The number of carbonyl (C=O) groups excluding carboxylic acids is 2. The predicted molar refractivity (Wildman–Crippen MR) is 135 cm³/mol. The van der Waals surface area contributed by atoms with Gasteiger partial charge in [0.05, 0.1) is 18.5 Å². The van der Waals surface area contributed by atoms with Gasteiger partial charge in [0, 0.05) is 36.8 Å². The summed E-state index contributed by atoms with van der Waals surface area (Å²) in [6.45, 7) is 0.370. The molecule has 0 atom stereocenters. The van der Waals surface area contributed by atoms with E-state index in [0.29, 0.717) is 33.9 Å². The van der Waals surface area contributed by atoms with Crippen LogP contribution in [0.15, 0.2) is 72.8 Å². The van der Waals surface area contributed by atoms with Crippen LogP contribution in [0.3, 0.4) is 0 Å². The van der Waals surface area contributed by atoms with Crippen LogP contribution in [0.1, 0.15) is 31.8 Å². The molecular weight excluding hydrogens is 474 g/mol. The molecule has 0 radical (unpaired) electrons. The molecular formula is C25H26ClN3O4S. The lowest BCUT2D eigenvalue weighted by atomic mass is 10.1. The highest BCUT2D eigenvalue weighted by molar-refractivity contribution is 7.92. The second-order valence-electron chi connectivity index (χ2n) is 7.99. The number of halogens is 1. The van der Waals surface area contributed by atoms with Gasteiger partial charge in [-0.15, -0.1) is 0 Å². The third kappa shape index (κ3) is 6.36. The summed E-state index contributed by atoms with van der Waals surface area (Å²) in [4.78, 5) is 26.0. The first-order valence-corrected chi connectivity index (χ1v) is 12.7. The van der Waals surface area contributed by atoms with Gasteiger partial charge < -0.3 is 10.2 Å². The molecule has 0 aliphatic heterocycles. The number of hydrogen-bond acceptors (Lipinski definition) is 4. The zero-order chi connectivity index (χ0) is 24.9. The van der Waals surface area contributed by atoms with Gasteiger partial charge in [0.2, 0.25) is 10.0 Å². The molecule has 0 fully saturated rings. The van der Waals surface area contributed by atoms with E-state index in [1.807, 2.05) is 0 Å². The molecule has 3 rings (SSSR count). The second-order valence-corrected chi connectivity index (χ2v) is 10.3. The molecule has 34 heavy (non-hydrogen) atoms. The minimum absolute atomic E-state index is 0.0797. The Morgan fingerprint density at radius 3 is 2.03 bits per heavy atom. The number of hydrogen-bond donors (Lipinski definition) is 1. The lowest BCUT2D eigenvalue weighted by Gasteiger charge is -2.23. The minimum Gasteiger partial charge on any atom is -0.348 e. The zero-order valence-electron chi connectivity index (χ0n) is 19.2. The van der Waals surface area contributed by atoms with Gasteiger partial charge in [-0.25, -0.2) is 8.42 Å². The van der Waals surface area contributed by atoms with Gasteiger partial charge in [0.15, 0.2) is 0 Å². The van der Waals surface area contributed by atoms with Crippen molar-refractivity contribution in [2.75, 3.05) is 24.7 Å². The molecule has 0 unspecified atom stereocenters. The van der Waals surface area contributed by atoms with Crippen molar-refractivity contribution in [2.45, 2.75) is 13.1 Å². The number of nitrogens with zero attached hydrogens (tertiary/aromatic N) is 2. The predicted octanol–water partition coefficient (Wildman–Crippen LogP) is 3.94. The summed E-state index contributed by atoms with van der Waals surface area (Å²) < 4.78 is 26.1. The largest absolute Gasteiger partial charge is 0.348 e. The number of sulfonamides is 1. The van der Waals surface area contributed by atoms with Crippen molar-refractivity contribution in [1.29, 1.82) is 0 Å². The molecule has 178 valence electrons. The molecule has 0 saturated heterocycles. The molecule has 3 aromatic rings. The molecule has 0 aromatic heterocycles. The maximum absolute atomic E-state index is 12.6. The van der Waals surface area contributed by atoms with Crippen LogP contribution in [0.25, 0.3) is 0 Å². The van der Waals surface area contributed by atoms with E-state index in [-0.39, 0.29) is 18.4 Å². The number of rotatable bonds is 8. The second kappa shape index (κ2) is 10.7. The number of nitrogens with one attached hydrogen (secondary N) is 1. The van der Waals surface area contributed by atoms with Crippen molar-refractivity contribution in [1.82, 2.24) is 10.2 Å². The van der Waals surface area contributed by atoms with Crippen molar-refractivity contribution >= 4 is 39.1 Å². The molecule has 3 aromatic carbocycles. The first kappa shape index (κ1) is 25.3. The highest BCUT2D eigenvalue weighted by Crippen LogP contribution is 2.24. The molecule has 0 heterocycles. The lowest BCUT2D eigenvalue weighted by Crippen LogP contribution is -2.29. The quantitative estimate of drug-likeness (QED) is 0.508. The first-order valence-electron chi connectivity index (χ1n) is 10.5. The molecule has 7 nitrogen and oxygen atoms in total. The van der Waals surface area contributed by atoms with Crippen molar-refractivity contribution in [3.8, 4) is 0 Å². The van der Waals surface area contributed by atoms with Crippen LogP contribution in [-0.4, -0.2) is 45.5 Å². The normalized spacial score (nSPS) is 11.1. The summed E-state index contributed by atoms with van der Waals surface area (Å²) in [5, 5.41) is 3.31. The van der Waals surface area contributed by atoms with E-state index in [1.54, 1.807) is 86.9 Å². The SMILES string of the molecule is CN(C)C(=O)c1ccc(CNC(=O)c2ccc(N(Cc3ccccc3Cl)S(C)(=O)=O)cc2)cc1. The Morgan fingerprint density at radius 1 is 0.882 bits per heavy atom. The Balaban J connectivity index is 1.68. The topological polar surface area (TPSA) is 86.8 Å². The number of anilines is 1. The molecule has 0 aliphatic rings. The van der Waals surface area contributed by atoms with Crippen LogP contribution in [-0.2, 0) is 23.1 Å². The fourth-order valence-corrected chi connectivity index (χ4v) is 4.34. The van der Waals surface area contributed by atoms with E-state index in [0.717, 1.165) is 11.8 Å². The van der Waals surface area contributed by atoms with Gasteiger partial charge in [0.25, 0.3) is 11.8 Å². The summed E-state index contributed by atoms with van der Waals surface area (Å²) >= 11 is 6.20. The van der Waals surface area contributed by atoms with Crippen molar-refractivity contribution in [2.24, 2.45) is 0 Å². The fourth-order valence-electron chi connectivity index (χ4n) is 3.27. The van der Waals surface area contributed by atoms with Crippen molar-refractivity contribution < 1.29 is 18.0 Å². The van der Waals surface area contributed by atoms with E-state index in [4.69, 9.17) is 11.6 Å². The Labute approximate surface area is 205 Å². The summed E-state index contributed by atoms with van der Waals surface area (Å²) in [6, 6.07) is 20.4. The maximum atomic E-state index is 12.6. The summed E-state index contributed by atoms with van der Waals surface area (Å²) in [6.07, 6.45) is 1.13. The molecule has 2 amide bonds. The Morgan fingerprint density at radius 2 is 1.47 bits per heavy atom. The first-order chi connectivity index (χ1) is 16.1. The van der Waals surface area contributed by atoms with Crippen LogP contribution in [0.4, 0.5) is 5.69 Å². The monoisotopic (exact) mass is 499 g/mol. The van der Waals surface area contributed by atoms with E-state index in [9.17, 15) is 18.0 Å². The smallest absolute Gasteiger partial charge is 0.253 e.